The van der Waals surface area contributed by atoms with Gasteiger partial charge in [-0.25, -0.2) is 0 Å². The molecule has 0 heteroatoms. The lowest BCUT2D eigenvalue weighted by Gasteiger charge is -2.10. The molecule has 0 aromatic rings. The van der Waals surface area contributed by atoms with Crippen molar-refractivity contribution in [2.45, 2.75) is 52.9 Å². The Hall–Kier alpha value is -0.780. The molecule has 0 bridgehead atoms. The molecule has 0 amide bonds. The summed E-state index contributed by atoms with van der Waals surface area (Å²) in [6, 6.07) is 0. The van der Waals surface area contributed by atoms with Crippen molar-refractivity contribution < 1.29 is 0 Å². The van der Waals surface area contributed by atoms with Gasteiger partial charge in [-0.3, -0.25) is 0 Å². The zero-order chi connectivity index (χ0) is 12.1. The van der Waals surface area contributed by atoms with E-state index < -0.39 is 0 Å². The van der Waals surface area contributed by atoms with Crippen molar-refractivity contribution in [1.82, 2.24) is 0 Å². The predicted octanol–water partition coefficient (Wildman–Crippen LogP) is 5.53. The van der Waals surface area contributed by atoms with Crippen LogP contribution in [0.4, 0.5) is 0 Å². The van der Waals surface area contributed by atoms with Crippen molar-refractivity contribution in [3.8, 4) is 0 Å². The molecule has 0 aromatic heterocycles. The van der Waals surface area contributed by atoms with Crippen LogP contribution in [0.1, 0.15) is 52.9 Å². The van der Waals surface area contributed by atoms with E-state index in [1.165, 1.54) is 32.1 Å². The summed E-state index contributed by atoms with van der Waals surface area (Å²) in [6.07, 6.45) is 11.0. The molecule has 0 nitrogen and oxygen atoms in total. The van der Waals surface area contributed by atoms with Crippen LogP contribution in [-0.2, 0) is 0 Å². The highest BCUT2D eigenvalue weighted by atomic mass is 14.1. The van der Waals surface area contributed by atoms with Gasteiger partial charge in [0.05, 0.1) is 0 Å². The zero-order valence-corrected chi connectivity index (χ0v) is 10.9. The molecule has 0 aromatic carbocycles. The van der Waals surface area contributed by atoms with Crippen LogP contribution in [0.25, 0.3) is 0 Å². The largest absolute Gasteiger partial charge is 0.106 e. The molecule has 0 heterocycles. The first kappa shape index (κ1) is 16.6. The highest BCUT2D eigenvalue weighted by Gasteiger charge is 2.02. The molecule has 88 valence electrons. The first-order valence-corrected chi connectivity index (χ1v) is 6.02. The Labute approximate surface area is 96.8 Å². The Balaban J connectivity index is 0. The number of rotatable bonds is 7. The second-order valence-corrected chi connectivity index (χ2v) is 3.90. The van der Waals surface area contributed by atoms with Gasteiger partial charge < -0.3 is 0 Å². The Morgan fingerprint density at radius 3 is 2.27 bits per heavy atom. The van der Waals surface area contributed by atoms with Crippen molar-refractivity contribution in [2.75, 3.05) is 0 Å². The van der Waals surface area contributed by atoms with Gasteiger partial charge in [0.25, 0.3) is 0 Å². The molecule has 0 saturated heterocycles. The third kappa shape index (κ3) is 13.2. The fraction of sp³-hybridized carbons (Fsp3) is 0.600. The monoisotopic (exact) mass is 208 g/mol. The summed E-state index contributed by atoms with van der Waals surface area (Å²) in [7, 11) is 0. The number of hydrogen-bond acceptors (Lipinski definition) is 0. The predicted molar refractivity (Wildman–Crippen MR) is 73.1 cm³/mol. The Bertz CT molecular complexity index is 165. The molecule has 0 radical (unpaired) electrons. The van der Waals surface area contributed by atoms with E-state index >= 15 is 0 Å². The van der Waals surface area contributed by atoms with E-state index in [4.69, 9.17) is 0 Å². The van der Waals surface area contributed by atoms with Crippen molar-refractivity contribution in [3.05, 3.63) is 37.5 Å². The smallest absolute Gasteiger partial charge is 0.0319 e. The fourth-order valence-electron chi connectivity index (χ4n) is 1.44. The van der Waals surface area contributed by atoms with Crippen molar-refractivity contribution in [2.24, 2.45) is 5.92 Å². The number of hydrogen-bond donors (Lipinski definition) is 0. The van der Waals surface area contributed by atoms with Gasteiger partial charge in [-0.05, 0) is 19.3 Å². The van der Waals surface area contributed by atoms with Crippen LogP contribution < -0.4 is 0 Å². The van der Waals surface area contributed by atoms with E-state index in [-0.39, 0.29) is 0 Å². The van der Waals surface area contributed by atoms with Gasteiger partial charge >= 0.3 is 0 Å². The quantitative estimate of drug-likeness (QED) is 0.381. The molecule has 0 aliphatic heterocycles. The highest BCUT2D eigenvalue weighted by Crippen LogP contribution is 2.17. The molecular formula is C15H28. The van der Waals surface area contributed by atoms with E-state index in [0.29, 0.717) is 0 Å². The van der Waals surface area contributed by atoms with Gasteiger partial charge in [0, 0.05) is 0 Å². The van der Waals surface area contributed by atoms with Crippen LogP contribution >= 0.6 is 0 Å². The SMILES string of the molecule is C=C.C=C(C)/C=C\CC(CC)CCCC. The molecule has 0 fully saturated rings. The van der Waals surface area contributed by atoms with Crippen LogP contribution in [0.15, 0.2) is 37.5 Å². The summed E-state index contributed by atoms with van der Waals surface area (Å²) in [5, 5.41) is 0. The lowest BCUT2D eigenvalue weighted by Crippen LogP contribution is -1.96. The molecule has 0 spiro atoms. The Kier molecular flexibility index (Phi) is 14.7. The lowest BCUT2D eigenvalue weighted by molar-refractivity contribution is 0.456. The molecule has 0 rings (SSSR count). The normalized spacial score (nSPS) is 11.9. The number of unbranched alkanes of at least 4 members (excludes halogenated alkanes) is 1. The van der Waals surface area contributed by atoms with Gasteiger partial charge in [0.1, 0.15) is 0 Å². The van der Waals surface area contributed by atoms with E-state index in [9.17, 15) is 0 Å². The molecule has 0 aliphatic carbocycles. The Morgan fingerprint density at radius 1 is 1.27 bits per heavy atom. The van der Waals surface area contributed by atoms with Gasteiger partial charge in [-0.15, -0.1) is 13.2 Å². The second kappa shape index (κ2) is 13.2. The standard InChI is InChI=1S/C13H24.C2H4/c1-5-7-10-13(6-2)11-8-9-12(3)4;1-2/h8-9,13H,3,5-7,10-11H2,1-2,4H3;1-2H2/b9-8-;. The summed E-state index contributed by atoms with van der Waals surface area (Å²) in [5.41, 5.74) is 1.16. The van der Waals surface area contributed by atoms with E-state index in [2.05, 4.69) is 45.7 Å². The highest BCUT2D eigenvalue weighted by molar-refractivity contribution is 5.10. The maximum absolute atomic E-state index is 3.85. The zero-order valence-electron chi connectivity index (χ0n) is 10.9. The van der Waals surface area contributed by atoms with Crippen molar-refractivity contribution >= 4 is 0 Å². The van der Waals surface area contributed by atoms with E-state index in [1.54, 1.807) is 0 Å². The minimum atomic E-state index is 0.885. The van der Waals surface area contributed by atoms with E-state index in [1.807, 2.05) is 6.92 Å². The summed E-state index contributed by atoms with van der Waals surface area (Å²) >= 11 is 0. The molecule has 1 atom stereocenters. The fourth-order valence-corrected chi connectivity index (χ4v) is 1.44. The molecule has 15 heavy (non-hydrogen) atoms. The third-order valence-electron chi connectivity index (χ3n) is 2.42. The third-order valence-corrected chi connectivity index (χ3v) is 2.42. The van der Waals surface area contributed by atoms with Crippen LogP contribution in [0.2, 0.25) is 0 Å². The molecule has 0 aliphatic rings. The topological polar surface area (TPSA) is 0 Å². The maximum atomic E-state index is 3.85. The van der Waals surface area contributed by atoms with Crippen molar-refractivity contribution in [1.29, 1.82) is 0 Å². The van der Waals surface area contributed by atoms with Gasteiger partial charge in [-0.1, -0.05) is 63.8 Å². The average molecular weight is 208 g/mol. The summed E-state index contributed by atoms with van der Waals surface area (Å²) in [6.45, 7) is 16.4. The van der Waals surface area contributed by atoms with Gasteiger partial charge in [0.2, 0.25) is 0 Å². The van der Waals surface area contributed by atoms with Crippen molar-refractivity contribution in [3.63, 3.8) is 0 Å². The summed E-state index contributed by atoms with van der Waals surface area (Å²) in [4.78, 5) is 0. The summed E-state index contributed by atoms with van der Waals surface area (Å²) in [5.74, 6) is 0.885. The van der Waals surface area contributed by atoms with Crippen LogP contribution in [0, 0.1) is 5.92 Å². The number of allylic oxidation sites excluding steroid dienone is 3. The van der Waals surface area contributed by atoms with Crippen LogP contribution in [-0.4, -0.2) is 0 Å². The van der Waals surface area contributed by atoms with Gasteiger partial charge in [0.15, 0.2) is 0 Å². The Morgan fingerprint density at radius 2 is 1.87 bits per heavy atom. The lowest BCUT2D eigenvalue weighted by atomic mass is 9.95. The molecule has 0 N–H and O–H groups in total. The minimum absolute atomic E-state index is 0.885. The second-order valence-electron chi connectivity index (χ2n) is 3.90. The van der Waals surface area contributed by atoms with Crippen LogP contribution in [0.3, 0.4) is 0 Å². The molecular weight excluding hydrogens is 180 g/mol. The van der Waals surface area contributed by atoms with Crippen LogP contribution in [0.5, 0.6) is 0 Å². The van der Waals surface area contributed by atoms with Gasteiger partial charge in [-0.2, -0.15) is 0 Å². The average Bonchev–Trinajstić information content (AvgIpc) is 2.25. The first-order chi connectivity index (χ1) is 7.20. The molecule has 1 unspecified atom stereocenters. The maximum Gasteiger partial charge on any atom is -0.0319 e. The van der Waals surface area contributed by atoms with E-state index in [0.717, 1.165) is 11.5 Å². The molecule has 0 saturated carbocycles. The first-order valence-electron chi connectivity index (χ1n) is 6.02. The summed E-state index contributed by atoms with van der Waals surface area (Å²) < 4.78 is 0. The minimum Gasteiger partial charge on any atom is -0.106 e.